The van der Waals surface area contributed by atoms with E-state index in [-0.39, 0.29) is 17.3 Å². The van der Waals surface area contributed by atoms with Crippen LogP contribution in [0.4, 0.5) is 17.6 Å². The highest BCUT2D eigenvalue weighted by Crippen LogP contribution is 2.36. The van der Waals surface area contributed by atoms with Crippen LogP contribution in [-0.2, 0) is 12.7 Å². The summed E-state index contributed by atoms with van der Waals surface area (Å²) >= 11 is 1.35. The van der Waals surface area contributed by atoms with Crippen molar-refractivity contribution >= 4 is 28.6 Å². The number of hydrogen-bond acceptors (Lipinski definition) is 3. The maximum atomic E-state index is 13.4. The van der Waals surface area contributed by atoms with E-state index < -0.39 is 23.5 Å². The second kappa shape index (κ2) is 9.26. The van der Waals surface area contributed by atoms with Gasteiger partial charge in [-0.3, -0.25) is 4.79 Å². The van der Waals surface area contributed by atoms with Crippen LogP contribution in [0.1, 0.15) is 47.3 Å². The van der Waals surface area contributed by atoms with Gasteiger partial charge in [-0.1, -0.05) is 32.0 Å². The summed E-state index contributed by atoms with van der Waals surface area (Å²) in [5.74, 6) is -0.800. The van der Waals surface area contributed by atoms with Crippen molar-refractivity contribution in [2.75, 3.05) is 0 Å². The molecule has 0 saturated carbocycles. The quantitative estimate of drug-likeness (QED) is 0.343. The van der Waals surface area contributed by atoms with Gasteiger partial charge in [0, 0.05) is 17.2 Å². The molecular formula is C23H22F4N2OS. The fraction of sp³-hybridized carbons (Fsp3) is 0.304. The Balaban J connectivity index is 2.03. The number of fused-ring (bicyclic) bond motifs is 1. The lowest BCUT2D eigenvalue weighted by Crippen LogP contribution is -2.25. The molecule has 31 heavy (non-hydrogen) atoms. The topological polar surface area (TPSA) is 42.0 Å². The average Bonchev–Trinajstić information content (AvgIpc) is 2.71. The Kier molecular flexibility index (Phi) is 6.89. The number of rotatable bonds is 6. The third-order valence-corrected chi connectivity index (χ3v) is 6.25. The summed E-state index contributed by atoms with van der Waals surface area (Å²) in [5.41, 5.74) is 0.899. The minimum atomic E-state index is -4.48. The Morgan fingerprint density at radius 1 is 1.19 bits per heavy atom. The first-order chi connectivity index (χ1) is 14.6. The Labute approximate surface area is 182 Å². The standard InChI is InChI=1S/C23H22F4N2OS/c1-4-13(2)31-22-20(21(30)28-12-15-6-5-7-17(24)10-15)14(3)18-9-8-16(23(25,26)27)11-19(18)29-22/h5-11,13H,4,12H2,1-3H3,(H,28,30). The van der Waals surface area contributed by atoms with Gasteiger partial charge < -0.3 is 5.32 Å². The minimum Gasteiger partial charge on any atom is -0.348 e. The van der Waals surface area contributed by atoms with Crippen molar-refractivity contribution in [3.8, 4) is 0 Å². The monoisotopic (exact) mass is 450 g/mol. The lowest BCUT2D eigenvalue weighted by Gasteiger charge is -2.17. The Morgan fingerprint density at radius 2 is 1.94 bits per heavy atom. The van der Waals surface area contributed by atoms with E-state index >= 15 is 0 Å². The molecule has 3 aromatic rings. The lowest BCUT2D eigenvalue weighted by atomic mass is 10.0. The molecule has 1 aromatic heterocycles. The molecule has 2 aromatic carbocycles. The third-order valence-electron chi connectivity index (χ3n) is 5.00. The number of alkyl halides is 3. The number of carbonyl (C=O) groups is 1. The average molecular weight is 451 g/mol. The number of aryl methyl sites for hydroxylation is 1. The smallest absolute Gasteiger partial charge is 0.348 e. The van der Waals surface area contributed by atoms with Crippen molar-refractivity contribution in [3.63, 3.8) is 0 Å². The normalized spacial score (nSPS) is 12.7. The molecule has 0 aliphatic heterocycles. The van der Waals surface area contributed by atoms with Crippen LogP contribution >= 0.6 is 11.8 Å². The zero-order chi connectivity index (χ0) is 22.8. The molecule has 164 valence electrons. The second-order valence-corrected chi connectivity index (χ2v) is 8.72. The number of nitrogens with zero attached hydrogens (tertiary/aromatic N) is 1. The summed E-state index contributed by atoms with van der Waals surface area (Å²) in [6.45, 7) is 5.77. The molecule has 0 bridgehead atoms. The van der Waals surface area contributed by atoms with Crippen LogP contribution in [0.25, 0.3) is 10.9 Å². The highest BCUT2D eigenvalue weighted by molar-refractivity contribution is 7.99. The summed E-state index contributed by atoms with van der Waals surface area (Å²) in [7, 11) is 0. The number of hydrogen-bond donors (Lipinski definition) is 1. The van der Waals surface area contributed by atoms with Crippen molar-refractivity contribution in [1.82, 2.24) is 10.3 Å². The molecular weight excluding hydrogens is 428 g/mol. The number of halogens is 4. The van der Waals surface area contributed by atoms with E-state index in [1.165, 1.54) is 30.0 Å². The fourth-order valence-electron chi connectivity index (χ4n) is 3.12. The molecule has 0 aliphatic rings. The van der Waals surface area contributed by atoms with Gasteiger partial charge in [0.15, 0.2) is 0 Å². The van der Waals surface area contributed by atoms with Crippen LogP contribution in [0.5, 0.6) is 0 Å². The number of carbonyl (C=O) groups excluding carboxylic acids is 1. The second-order valence-electron chi connectivity index (χ2n) is 7.30. The number of amides is 1. The van der Waals surface area contributed by atoms with Crippen LogP contribution < -0.4 is 5.32 Å². The molecule has 0 saturated heterocycles. The molecule has 8 heteroatoms. The zero-order valence-electron chi connectivity index (χ0n) is 17.3. The van der Waals surface area contributed by atoms with Crippen LogP contribution in [0.3, 0.4) is 0 Å². The van der Waals surface area contributed by atoms with Crippen molar-refractivity contribution < 1.29 is 22.4 Å². The third kappa shape index (κ3) is 5.36. The van der Waals surface area contributed by atoms with Gasteiger partial charge in [0.2, 0.25) is 0 Å². The first-order valence-electron chi connectivity index (χ1n) is 9.81. The molecule has 1 amide bonds. The minimum absolute atomic E-state index is 0.116. The fourth-order valence-corrected chi connectivity index (χ4v) is 4.18. The number of aromatic nitrogens is 1. The maximum Gasteiger partial charge on any atom is 0.416 e. The summed E-state index contributed by atoms with van der Waals surface area (Å²) in [4.78, 5) is 17.5. The van der Waals surface area contributed by atoms with Gasteiger partial charge in [-0.2, -0.15) is 13.2 Å². The number of benzene rings is 2. The van der Waals surface area contributed by atoms with E-state index in [9.17, 15) is 22.4 Å². The number of pyridine rings is 1. The van der Waals surface area contributed by atoms with Gasteiger partial charge in [0.25, 0.3) is 5.91 Å². The van der Waals surface area contributed by atoms with Crippen molar-refractivity contribution in [3.05, 3.63) is 70.5 Å². The molecule has 1 atom stereocenters. The predicted molar refractivity (Wildman–Crippen MR) is 115 cm³/mol. The lowest BCUT2D eigenvalue weighted by molar-refractivity contribution is -0.137. The molecule has 0 fully saturated rings. The van der Waals surface area contributed by atoms with Crippen molar-refractivity contribution in [2.24, 2.45) is 0 Å². The molecule has 0 aliphatic carbocycles. The molecule has 0 spiro atoms. The summed E-state index contributed by atoms with van der Waals surface area (Å²) in [6.07, 6.45) is -3.68. The largest absolute Gasteiger partial charge is 0.416 e. The Morgan fingerprint density at radius 3 is 2.58 bits per heavy atom. The number of thioether (sulfide) groups is 1. The van der Waals surface area contributed by atoms with E-state index in [2.05, 4.69) is 10.3 Å². The van der Waals surface area contributed by atoms with E-state index in [1.54, 1.807) is 19.1 Å². The van der Waals surface area contributed by atoms with E-state index in [1.807, 2.05) is 13.8 Å². The summed E-state index contributed by atoms with van der Waals surface area (Å²) in [5, 5.41) is 3.76. The van der Waals surface area contributed by atoms with Crippen LogP contribution in [0.15, 0.2) is 47.5 Å². The van der Waals surface area contributed by atoms with Gasteiger partial charge in [-0.15, -0.1) is 11.8 Å². The zero-order valence-corrected chi connectivity index (χ0v) is 18.1. The van der Waals surface area contributed by atoms with E-state index in [4.69, 9.17) is 0 Å². The number of nitrogens with one attached hydrogen (secondary N) is 1. The summed E-state index contributed by atoms with van der Waals surface area (Å²) in [6, 6.07) is 9.26. The maximum absolute atomic E-state index is 13.4. The van der Waals surface area contributed by atoms with Crippen LogP contribution in [0, 0.1) is 12.7 Å². The highest BCUT2D eigenvalue weighted by Gasteiger charge is 2.31. The van der Waals surface area contributed by atoms with Crippen LogP contribution in [0.2, 0.25) is 0 Å². The van der Waals surface area contributed by atoms with Crippen LogP contribution in [-0.4, -0.2) is 16.1 Å². The summed E-state index contributed by atoms with van der Waals surface area (Å²) < 4.78 is 52.9. The van der Waals surface area contributed by atoms with E-state index in [0.717, 1.165) is 18.6 Å². The molecule has 1 heterocycles. The van der Waals surface area contributed by atoms with Gasteiger partial charge in [-0.25, -0.2) is 9.37 Å². The van der Waals surface area contributed by atoms with Gasteiger partial charge in [0.05, 0.1) is 16.6 Å². The van der Waals surface area contributed by atoms with Gasteiger partial charge >= 0.3 is 6.18 Å². The van der Waals surface area contributed by atoms with Gasteiger partial charge in [0.1, 0.15) is 10.8 Å². The molecule has 0 radical (unpaired) electrons. The molecule has 3 nitrogen and oxygen atoms in total. The van der Waals surface area contributed by atoms with Gasteiger partial charge in [-0.05, 0) is 48.7 Å². The SMILES string of the molecule is CCC(C)Sc1nc2cc(C(F)(F)F)ccc2c(C)c1C(=O)NCc1cccc(F)c1. The van der Waals surface area contributed by atoms with Crippen molar-refractivity contribution in [2.45, 2.75) is 50.2 Å². The molecule has 3 rings (SSSR count). The Hall–Kier alpha value is -2.61. The molecule has 1 unspecified atom stereocenters. The highest BCUT2D eigenvalue weighted by atomic mass is 32.2. The predicted octanol–water partition coefficient (Wildman–Crippen LogP) is 6.52. The van der Waals surface area contributed by atoms with Crippen molar-refractivity contribution in [1.29, 1.82) is 0 Å². The molecule has 1 N–H and O–H groups in total. The van der Waals surface area contributed by atoms with E-state index in [0.29, 0.717) is 27.1 Å². The first kappa shape index (κ1) is 23.1. The Bertz CT molecular complexity index is 1110. The first-order valence-corrected chi connectivity index (χ1v) is 10.7.